The lowest BCUT2D eigenvalue weighted by Gasteiger charge is -2.20. The molecule has 1 unspecified atom stereocenters. The van der Waals surface area contributed by atoms with E-state index in [2.05, 4.69) is 5.32 Å². The van der Waals surface area contributed by atoms with Gasteiger partial charge in [-0.05, 0) is 37.3 Å². The van der Waals surface area contributed by atoms with Crippen molar-refractivity contribution in [3.05, 3.63) is 47.0 Å². The second kappa shape index (κ2) is 11.4. The standard InChI is InChI=1S/C22H27ClN2O7S/c1-6-25(7-2)33(28,29)20-12-15(8-10-17(20)23)22(27)32-14(3)21(26)24-18-13-16(30-4)9-11-19(18)31-5/h8-14H,6-7H2,1-5H3,(H,24,26). The summed E-state index contributed by atoms with van der Waals surface area (Å²) < 4.78 is 42.5. The van der Waals surface area contributed by atoms with Crippen molar-refractivity contribution in [2.45, 2.75) is 31.8 Å². The first kappa shape index (κ1) is 26.4. The molecule has 0 aliphatic heterocycles. The van der Waals surface area contributed by atoms with Gasteiger partial charge in [-0.2, -0.15) is 4.31 Å². The Bertz CT molecular complexity index is 1120. The molecule has 0 fully saturated rings. The average molecular weight is 499 g/mol. The number of carbonyl (C=O) groups excluding carboxylic acids is 2. The third-order valence-corrected chi connectivity index (χ3v) is 7.34. The zero-order valence-corrected chi connectivity index (χ0v) is 20.6. The highest BCUT2D eigenvalue weighted by Crippen LogP contribution is 2.29. The Morgan fingerprint density at radius 1 is 1.06 bits per heavy atom. The SMILES string of the molecule is CCN(CC)S(=O)(=O)c1cc(C(=O)OC(C)C(=O)Nc2cc(OC)ccc2OC)ccc1Cl. The number of nitrogens with zero attached hydrogens (tertiary/aromatic N) is 1. The molecule has 2 aromatic carbocycles. The number of hydrogen-bond acceptors (Lipinski definition) is 7. The minimum atomic E-state index is -3.90. The third kappa shape index (κ3) is 6.16. The van der Waals surface area contributed by atoms with Crippen LogP contribution in [0, 0.1) is 0 Å². The Labute approximate surface area is 198 Å². The number of esters is 1. The van der Waals surface area contributed by atoms with Gasteiger partial charge in [0.05, 0.1) is 30.5 Å². The van der Waals surface area contributed by atoms with E-state index in [1.807, 2.05) is 0 Å². The van der Waals surface area contributed by atoms with Crippen molar-refractivity contribution >= 4 is 39.2 Å². The van der Waals surface area contributed by atoms with Gasteiger partial charge in [0.25, 0.3) is 5.91 Å². The third-order valence-electron chi connectivity index (χ3n) is 4.81. The summed E-state index contributed by atoms with van der Waals surface area (Å²) in [5, 5.41) is 2.60. The highest BCUT2D eigenvalue weighted by atomic mass is 35.5. The first-order chi connectivity index (χ1) is 15.6. The van der Waals surface area contributed by atoms with E-state index in [0.29, 0.717) is 17.2 Å². The summed E-state index contributed by atoms with van der Waals surface area (Å²) in [5.41, 5.74) is 0.285. The fourth-order valence-electron chi connectivity index (χ4n) is 2.96. The first-order valence-electron chi connectivity index (χ1n) is 10.1. The van der Waals surface area contributed by atoms with Gasteiger partial charge >= 0.3 is 5.97 Å². The molecular formula is C22H27ClN2O7S. The van der Waals surface area contributed by atoms with E-state index in [1.165, 1.54) is 37.6 Å². The molecule has 1 N–H and O–H groups in total. The Balaban J connectivity index is 2.21. The molecule has 11 heteroatoms. The van der Waals surface area contributed by atoms with Crippen LogP contribution >= 0.6 is 11.6 Å². The van der Waals surface area contributed by atoms with Gasteiger partial charge in [-0.1, -0.05) is 25.4 Å². The topological polar surface area (TPSA) is 111 Å². The average Bonchev–Trinajstić information content (AvgIpc) is 2.79. The smallest absolute Gasteiger partial charge is 0.338 e. The molecule has 0 aliphatic rings. The van der Waals surface area contributed by atoms with Crippen molar-refractivity contribution in [1.82, 2.24) is 4.31 Å². The van der Waals surface area contributed by atoms with Gasteiger partial charge in [0.15, 0.2) is 6.10 Å². The summed E-state index contributed by atoms with van der Waals surface area (Å²) in [6.07, 6.45) is -1.19. The summed E-state index contributed by atoms with van der Waals surface area (Å²) in [7, 11) is -0.965. The van der Waals surface area contributed by atoms with Crippen molar-refractivity contribution in [3.8, 4) is 11.5 Å². The molecule has 2 rings (SSSR count). The van der Waals surface area contributed by atoms with E-state index >= 15 is 0 Å². The van der Waals surface area contributed by atoms with E-state index in [0.717, 1.165) is 6.07 Å². The van der Waals surface area contributed by atoms with Crippen molar-refractivity contribution in [1.29, 1.82) is 0 Å². The Kier molecular flexibility index (Phi) is 9.09. The van der Waals surface area contributed by atoms with Gasteiger partial charge < -0.3 is 19.5 Å². The van der Waals surface area contributed by atoms with Crippen LogP contribution in [0.3, 0.4) is 0 Å². The molecule has 0 aliphatic carbocycles. The number of rotatable bonds is 10. The summed E-state index contributed by atoms with van der Waals surface area (Å²) in [5.74, 6) is -0.590. The largest absolute Gasteiger partial charge is 0.497 e. The van der Waals surface area contributed by atoms with E-state index < -0.39 is 28.0 Å². The van der Waals surface area contributed by atoms with Crippen molar-refractivity contribution in [3.63, 3.8) is 0 Å². The summed E-state index contributed by atoms with van der Waals surface area (Å²) in [4.78, 5) is 25.0. The summed E-state index contributed by atoms with van der Waals surface area (Å²) in [6.45, 7) is 5.28. The second-order valence-electron chi connectivity index (χ2n) is 6.84. The Morgan fingerprint density at radius 2 is 1.73 bits per heavy atom. The number of halogens is 1. The van der Waals surface area contributed by atoms with Crippen molar-refractivity contribution < 1.29 is 32.2 Å². The van der Waals surface area contributed by atoms with Gasteiger partial charge in [-0.15, -0.1) is 0 Å². The van der Waals surface area contributed by atoms with E-state index in [9.17, 15) is 18.0 Å². The summed E-state index contributed by atoms with van der Waals surface area (Å²) in [6, 6.07) is 8.64. The molecule has 0 bridgehead atoms. The number of sulfonamides is 1. The van der Waals surface area contributed by atoms with Crippen LogP contribution in [-0.2, 0) is 19.6 Å². The maximum absolute atomic E-state index is 12.8. The highest BCUT2D eigenvalue weighted by molar-refractivity contribution is 7.89. The maximum Gasteiger partial charge on any atom is 0.338 e. The van der Waals surface area contributed by atoms with Crippen LogP contribution < -0.4 is 14.8 Å². The molecule has 0 aromatic heterocycles. The van der Waals surface area contributed by atoms with Crippen LogP contribution in [0.15, 0.2) is 41.3 Å². The van der Waals surface area contributed by atoms with E-state index in [-0.39, 0.29) is 28.6 Å². The van der Waals surface area contributed by atoms with E-state index in [1.54, 1.807) is 32.0 Å². The molecule has 2 aromatic rings. The van der Waals surface area contributed by atoms with Gasteiger partial charge in [0, 0.05) is 19.2 Å². The highest BCUT2D eigenvalue weighted by Gasteiger charge is 2.27. The lowest BCUT2D eigenvalue weighted by atomic mass is 10.2. The predicted octanol–water partition coefficient (Wildman–Crippen LogP) is 3.57. The van der Waals surface area contributed by atoms with Crippen LogP contribution in [0.25, 0.3) is 0 Å². The minimum Gasteiger partial charge on any atom is -0.497 e. The molecule has 0 spiro atoms. The van der Waals surface area contributed by atoms with Crippen LogP contribution in [0.2, 0.25) is 5.02 Å². The molecular weight excluding hydrogens is 472 g/mol. The normalized spacial score (nSPS) is 12.2. The summed E-state index contributed by atoms with van der Waals surface area (Å²) >= 11 is 6.10. The maximum atomic E-state index is 12.8. The number of amides is 1. The monoisotopic (exact) mass is 498 g/mol. The predicted molar refractivity (Wildman–Crippen MR) is 125 cm³/mol. The van der Waals surface area contributed by atoms with Gasteiger partial charge in [0.1, 0.15) is 16.4 Å². The zero-order valence-electron chi connectivity index (χ0n) is 19.0. The number of ether oxygens (including phenoxy) is 3. The number of hydrogen-bond donors (Lipinski definition) is 1. The zero-order chi connectivity index (χ0) is 24.8. The number of anilines is 1. The molecule has 180 valence electrons. The quantitative estimate of drug-likeness (QED) is 0.498. The second-order valence-corrected chi connectivity index (χ2v) is 9.15. The molecule has 33 heavy (non-hydrogen) atoms. The molecule has 0 radical (unpaired) electrons. The molecule has 0 saturated carbocycles. The van der Waals surface area contributed by atoms with Crippen LogP contribution in [0.4, 0.5) is 5.69 Å². The molecule has 1 atom stereocenters. The van der Waals surface area contributed by atoms with Crippen LogP contribution in [0.1, 0.15) is 31.1 Å². The lowest BCUT2D eigenvalue weighted by Crippen LogP contribution is -2.31. The number of methoxy groups -OCH3 is 2. The number of nitrogens with one attached hydrogen (secondary N) is 1. The fourth-order valence-corrected chi connectivity index (χ4v) is 4.92. The van der Waals surface area contributed by atoms with Gasteiger partial charge in [-0.25, -0.2) is 13.2 Å². The first-order valence-corrected chi connectivity index (χ1v) is 11.9. The fraction of sp³-hybridized carbons (Fsp3) is 0.364. The Morgan fingerprint density at radius 3 is 2.30 bits per heavy atom. The molecule has 0 heterocycles. The minimum absolute atomic E-state index is 0.0191. The number of benzene rings is 2. The van der Waals surface area contributed by atoms with Crippen molar-refractivity contribution in [2.24, 2.45) is 0 Å². The van der Waals surface area contributed by atoms with Gasteiger partial charge in [0.2, 0.25) is 10.0 Å². The van der Waals surface area contributed by atoms with Crippen molar-refractivity contribution in [2.75, 3.05) is 32.6 Å². The molecule has 1 amide bonds. The van der Waals surface area contributed by atoms with E-state index in [4.69, 9.17) is 25.8 Å². The number of carbonyl (C=O) groups is 2. The molecule has 0 saturated heterocycles. The lowest BCUT2D eigenvalue weighted by molar-refractivity contribution is -0.123. The molecule has 9 nitrogen and oxygen atoms in total. The Hall–Kier alpha value is -2.82. The van der Waals surface area contributed by atoms with Crippen LogP contribution in [0.5, 0.6) is 11.5 Å². The van der Waals surface area contributed by atoms with Gasteiger partial charge in [-0.3, -0.25) is 4.79 Å². The van der Waals surface area contributed by atoms with Crippen LogP contribution in [-0.4, -0.2) is 58.0 Å².